The average molecular weight is 963 g/mol. The Kier molecular flexibility index (Phi) is 8.40. The summed E-state index contributed by atoms with van der Waals surface area (Å²) in [6, 6.07) is 0. The van der Waals surface area contributed by atoms with E-state index in [9.17, 15) is 133 Å². The SMILES string of the molecule is Oc1c(O)c(O)c(-c2c(O)c(O)c3c(-c4c(O)c(O)c(O)c5c(O)c(O)c(O)c(O)c45)c4c(O)c(O)c(O)c(O)c4c(-c4c(O)c(O)c5oc6c(O)c(O)c(O)c(O)c6c5c4O)c3c2O)c(O)c1O. The molecule has 27 heteroatoms. The number of phenolic OH excluding ortho intramolecular Hbond substituents is 26. The Morgan fingerprint density at radius 2 is 0.319 bits per heavy atom. The number of hydrogen-bond donors (Lipinski definition) is 26. The molecule has 0 aliphatic heterocycles. The predicted molar refractivity (Wildman–Crippen MR) is 226 cm³/mol. The smallest absolute Gasteiger partial charge is 0.208 e. The fraction of sp³-hybridized carbons (Fsp3) is 0. The lowest BCUT2D eigenvalue weighted by Crippen LogP contribution is -1.98. The molecule has 27 nitrogen and oxygen atoms in total. The maximum Gasteiger partial charge on any atom is 0.208 e. The first-order valence-electron chi connectivity index (χ1n) is 18.5. The van der Waals surface area contributed by atoms with Gasteiger partial charge >= 0.3 is 0 Å². The Balaban J connectivity index is 1.72. The molecule has 1 heterocycles. The Morgan fingerprint density at radius 3 is 0.768 bits per heavy atom. The molecule has 0 amide bonds. The molecule has 9 rings (SSSR count). The standard InChI is InChI=1S/C42H26O27/c43-15-3-2(9-16(44)13-14-28(56)36(64)38(66)40(68)42(14)69-41(13)39(67)27(9)55)7-5(19(47)30(58)31(59)20(7)48)1(6-8-10(23(51)29(57)18(6)46)24(52)33(61)32(60)21(8)49)4(3)17(45)22(50)11(15)12-25(53)34(62)37(65)35(63)26(12)54/h43-68H. The largest absolute Gasteiger partial charge is 0.506 e. The fourth-order valence-electron chi connectivity index (χ4n) is 8.54. The second-order valence-electron chi connectivity index (χ2n) is 15.1. The van der Waals surface area contributed by atoms with Crippen LogP contribution in [0.1, 0.15) is 0 Å². The van der Waals surface area contributed by atoms with Crippen molar-refractivity contribution in [2.75, 3.05) is 0 Å². The van der Waals surface area contributed by atoms with Gasteiger partial charge in [-0.1, -0.05) is 0 Å². The zero-order valence-corrected chi connectivity index (χ0v) is 33.0. The van der Waals surface area contributed by atoms with E-state index in [2.05, 4.69) is 0 Å². The number of rotatable bonds is 3. The van der Waals surface area contributed by atoms with Crippen molar-refractivity contribution in [2.45, 2.75) is 0 Å². The van der Waals surface area contributed by atoms with Crippen LogP contribution >= 0.6 is 0 Å². The van der Waals surface area contributed by atoms with Gasteiger partial charge in [0.15, 0.2) is 80.2 Å². The first-order valence-corrected chi connectivity index (χ1v) is 18.5. The van der Waals surface area contributed by atoms with Crippen molar-refractivity contribution in [1.82, 2.24) is 0 Å². The third kappa shape index (κ3) is 4.86. The third-order valence-electron chi connectivity index (χ3n) is 11.7. The highest BCUT2D eigenvalue weighted by atomic mass is 16.4. The van der Waals surface area contributed by atoms with Crippen molar-refractivity contribution in [3.05, 3.63) is 0 Å². The second-order valence-corrected chi connectivity index (χ2v) is 15.1. The van der Waals surface area contributed by atoms with E-state index in [-0.39, 0.29) is 0 Å². The zero-order valence-electron chi connectivity index (χ0n) is 33.0. The van der Waals surface area contributed by atoms with Gasteiger partial charge in [0, 0.05) is 43.6 Å². The van der Waals surface area contributed by atoms with Crippen molar-refractivity contribution in [2.24, 2.45) is 0 Å². The van der Waals surface area contributed by atoms with Crippen LogP contribution in [-0.4, -0.2) is 133 Å². The molecule has 0 saturated heterocycles. The summed E-state index contributed by atoms with van der Waals surface area (Å²) in [6.45, 7) is 0. The number of fused-ring (bicyclic) bond motifs is 6. The summed E-state index contributed by atoms with van der Waals surface area (Å²) in [4.78, 5) is 0. The fourth-order valence-corrected chi connectivity index (χ4v) is 8.54. The molecule has 0 radical (unpaired) electrons. The van der Waals surface area contributed by atoms with Crippen LogP contribution in [0.3, 0.4) is 0 Å². The van der Waals surface area contributed by atoms with Crippen molar-refractivity contribution >= 4 is 54.3 Å². The van der Waals surface area contributed by atoms with Crippen molar-refractivity contribution in [3.63, 3.8) is 0 Å². The monoisotopic (exact) mass is 962 g/mol. The summed E-state index contributed by atoms with van der Waals surface area (Å²) in [5.41, 5.74) is -11.3. The van der Waals surface area contributed by atoms with Gasteiger partial charge in [-0.2, -0.15) is 0 Å². The maximum atomic E-state index is 12.5. The van der Waals surface area contributed by atoms with E-state index in [0.717, 1.165) is 0 Å². The minimum Gasteiger partial charge on any atom is -0.506 e. The van der Waals surface area contributed by atoms with Gasteiger partial charge in [-0.05, 0) is 0 Å². The van der Waals surface area contributed by atoms with E-state index >= 15 is 0 Å². The van der Waals surface area contributed by atoms with Crippen molar-refractivity contribution < 1.29 is 137 Å². The number of phenols is 26. The molecule has 1 aromatic heterocycles. The van der Waals surface area contributed by atoms with E-state index in [1.54, 1.807) is 0 Å². The van der Waals surface area contributed by atoms with Gasteiger partial charge in [0.05, 0.1) is 32.8 Å². The summed E-state index contributed by atoms with van der Waals surface area (Å²) in [7, 11) is 0. The van der Waals surface area contributed by atoms with Crippen molar-refractivity contribution in [1.29, 1.82) is 0 Å². The third-order valence-corrected chi connectivity index (χ3v) is 11.7. The molecular formula is C42H26O27. The Labute approximate surface area is 373 Å². The van der Waals surface area contributed by atoms with E-state index in [0.29, 0.717) is 0 Å². The molecule has 0 spiro atoms. The average Bonchev–Trinajstić information content (AvgIpc) is 3.73. The molecule has 0 fully saturated rings. The van der Waals surface area contributed by atoms with E-state index < -0.39 is 237 Å². The molecular weight excluding hydrogens is 936 g/mol. The molecule has 0 aliphatic carbocycles. The quantitative estimate of drug-likeness (QED) is 0.0663. The van der Waals surface area contributed by atoms with Crippen LogP contribution in [0.15, 0.2) is 4.42 Å². The van der Waals surface area contributed by atoms with Gasteiger partial charge in [-0.25, -0.2) is 0 Å². The van der Waals surface area contributed by atoms with Gasteiger partial charge in [0.1, 0.15) is 11.5 Å². The van der Waals surface area contributed by atoms with Gasteiger partial charge in [-0.3, -0.25) is 0 Å². The van der Waals surface area contributed by atoms with Crippen LogP contribution in [-0.2, 0) is 0 Å². The van der Waals surface area contributed by atoms with Crippen molar-refractivity contribution in [3.8, 4) is 183 Å². The van der Waals surface area contributed by atoms with Crippen LogP contribution in [0.2, 0.25) is 0 Å². The number of benzene rings is 8. The van der Waals surface area contributed by atoms with E-state index in [4.69, 9.17) is 4.42 Å². The lowest BCUT2D eigenvalue weighted by atomic mass is 9.80. The summed E-state index contributed by atoms with van der Waals surface area (Å²) in [5, 5.41) is 279. The highest BCUT2D eigenvalue weighted by Crippen LogP contribution is 2.70. The first kappa shape index (κ1) is 43.4. The number of furan rings is 1. The second kappa shape index (κ2) is 13.4. The normalized spacial score (nSPS) is 11.8. The highest BCUT2D eigenvalue weighted by molar-refractivity contribution is 6.34. The molecule has 0 aliphatic rings. The molecule has 26 N–H and O–H groups in total. The van der Waals surface area contributed by atoms with Gasteiger partial charge in [0.2, 0.25) is 69.0 Å². The van der Waals surface area contributed by atoms with Crippen LogP contribution in [0, 0.1) is 0 Å². The summed E-state index contributed by atoms with van der Waals surface area (Å²) in [6.07, 6.45) is 0. The number of hydrogen-bond acceptors (Lipinski definition) is 27. The summed E-state index contributed by atoms with van der Waals surface area (Å²) >= 11 is 0. The van der Waals surface area contributed by atoms with Gasteiger partial charge in [-0.15, -0.1) is 0 Å². The number of aromatic hydroxyl groups is 26. The lowest BCUT2D eigenvalue weighted by molar-refractivity contribution is 0.329. The zero-order chi connectivity index (χ0) is 51.0. The topological polar surface area (TPSA) is 539 Å². The van der Waals surface area contributed by atoms with Crippen LogP contribution in [0.4, 0.5) is 0 Å². The molecule has 0 unspecified atom stereocenters. The summed E-state index contributed by atoms with van der Waals surface area (Å²) in [5.74, 6) is -44.0. The lowest BCUT2D eigenvalue weighted by Gasteiger charge is -2.26. The molecule has 8 aromatic carbocycles. The van der Waals surface area contributed by atoms with E-state index in [1.807, 2.05) is 0 Å². The molecule has 69 heavy (non-hydrogen) atoms. The van der Waals surface area contributed by atoms with Gasteiger partial charge < -0.3 is 137 Å². The predicted octanol–water partition coefficient (Wildman–Crippen LogP) is 4.39. The van der Waals surface area contributed by atoms with Crippen LogP contribution in [0.25, 0.3) is 87.6 Å². The van der Waals surface area contributed by atoms with E-state index in [1.165, 1.54) is 0 Å². The Hall–Kier alpha value is -10.9. The summed E-state index contributed by atoms with van der Waals surface area (Å²) < 4.78 is 5.31. The Bertz CT molecular complexity index is 3920. The molecule has 9 aromatic rings. The Morgan fingerprint density at radius 1 is 0.130 bits per heavy atom. The van der Waals surface area contributed by atoms with Gasteiger partial charge in [0.25, 0.3) is 0 Å². The van der Waals surface area contributed by atoms with Crippen LogP contribution < -0.4 is 0 Å². The van der Waals surface area contributed by atoms with Crippen LogP contribution in [0.5, 0.6) is 149 Å². The molecule has 0 bridgehead atoms. The molecule has 0 saturated carbocycles. The minimum atomic E-state index is -1.89. The molecule has 0 atom stereocenters. The first-order chi connectivity index (χ1) is 32.2. The molecule has 356 valence electrons. The highest BCUT2D eigenvalue weighted by Gasteiger charge is 2.41. The maximum absolute atomic E-state index is 12.5. The minimum absolute atomic E-state index is 1.03.